The van der Waals surface area contributed by atoms with E-state index in [0.717, 1.165) is 18.2 Å². The Balaban J connectivity index is 1.61. The Labute approximate surface area is 161 Å². The van der Waals surface area contributed by atoms with Gasteiger partial charge in [-0.3, -0.25) is 4.79 Å². The molecule has 0 N–H and O–H groups in total. The highest BCUT2D eigenvalue weighted by atomic mass is 32.2. The van der Waals surface area contributed by atoms with Gasteiger partial charge in [0.05, 0.1) is 12.3 Å². The minimum Gasteiger partial charge on any atom is -0.482 e. The van der Waals surface area contributed by atoms with Crippen LogP contribution < -0.4 is 9.75 Å². The van der Waals surface area contributed by atoms with Crippen molar-refractivity contribution < 1.29 is 22.7 Å². The first-order valence-electron chi connectivity index (χ1n) is 8.21. The number of para-hydroxylation sites is 1. The molecule has 4 rings (SSSR count). The molecule has 0 aliphatic carbocycles. The molecule has 2 aromatic carbocycles. The van der Waals surface area contributed by atoms with Crippen molar-refractivity contribution in [1.29, 1.82) is 0 Å². The lowest BCUT2D eigenvalue weighted by molar-refractivity contribution is -0.118. The van der Waals surface area contributed by atoms with Gasteiger partial charge in [0.25, 0.3) is 5.91 Å². The van der Waals surface area contributed by atoms with Crippen LogP contribution in [0.1, 0.15) is 11.4 Å². The van der Waals surface area contributed by atoms with E-state index in [4.69, 9.17) is 4.74 Å². The van der Waals surface area contributed by atoms with Gasteiger partial charge in [0.2, 0.25) is 5.16 Å². The van der Waals surface area contributed by atoms with Gasteiger partial charge < -0.3 is 4.74 Å². The number of benzene rings is 2. The number of carbonyl (C=O) groups excluding carboxylic acids is 1. The summed E-state index contributed by atoms with van der Waals surface area (Å²) in [4.78, 5) is 12.5. The predicted octanol–water partition coefficient (Wildman–Crippen LogP) is 3.04. The summed E-state index contributed by atoms with van der Waals surface area (Å²) in [6.07, 6.45) is 0. The number of hydrogen-bond acceptors (Lipinski definition) is 5. The average molecular weight is 406 g/mol. The maximum absolute atomic E-state index is 13.8. The minimum atomic E-state index is -0.735. The van der Waals surface area contributed by atoms with Crippen LogP contribution >= 0.6 is 11.8 Å². The Morgan fingerprint density at radius 2 is 1.82 bits per heavy atom. The summed E-state index contributed by atoms with van der Waals surface area (Å²) in [6.45, 7) is -0.221. The first-order valence-corrected chi connectivity index (χ1v) is 9.20. The molecule has 1 aliphatic heterocycles. The summed E-state index contributed by atoms with van der Waals surface area (Å²) in [6, 6.07) is 8.96. The van der Waals surface area contributed by atoms with Crippen LogP contribution in [-0.2, 0) is 17.9 Å². The number of ether oxygens (including phenoxy) is 1. The largest absolute Gasteiger partial charge is 0.482 e. The molecule has 28 heavy (non-hydrogen) atoms. The zero-order valence-corrected chi connectivity index (χ0v) is 15.1. The van der Waals surface area contributed by atoms with Gasteiger partial charge in [-0.2, -0.15) is 0 Å². The summed E-state index contributed by atoms with van der Waals surface area (Å²) < 4.78 is 47.6. The number of rotatable bonds is 5. The van der Waals surface area contributed by atoms with Crippen LogP contribution in [0.4, 0.5) is 13.2 Å². The lowest BCUT2D eigenvalue weighted by Gasteiger charge is -2.29. The van der Waals surface area contributed by atoms with Crippen molar-refractivity contribution in [1.82, 2.24) is 14.9 Å². The second-order valence-electron chi connectivity index (χ2n) is 5.95. The van der Waals surface area contributed by atoms with Gasteiger partial charge in [0.1, 0.15) is 18.2 Å². The molecule has 0 radical (unpaired) electrons. The van der Waals surface area contributed by atoms with E-state index in [0.29, 0.717) is 5.16 Å². The third-order valence-electron chi connectivity index (χ3n) is 3.98. The Hall–Kier alpha value is -3.01. The summed E-state index contributed by atoms with van der Waals surface area (Å²) in [5.41, 5.74) is 0.276. The molecule has 1 aliphatic rings. The number of carbonyl (C=O) groups is 1. The van der Waals surface area contributed by atoms with Crippen molar-refractivity contribution >= 4 is 17.7 Å². The minimum absolute atomic E-state index is 0.0355. The number of fused-ring (bicyclic) bond motifs is 1. The SMILES string of the molecule is O=C1CSc2nnc(COc3ccccc3F)n2N1Cc1cc(F)cc(F)c1. The van der Waals surface area contributed by atoms with Crippen LogP contribution in [0.5, 0.6) is 5.75 Å². The van der Waals surface area contributed by atoms with Crippen LogP contribution in [-0.4, -0.2) is 26.5 Å². The molecule has 0 unspecified atom stereocenters. The molecule has 0 bridgehead atoms. The van der Waals surface area contributed by atoms with Crippen molar-refractivity contribution in [2.75, 3.05) is 10.8 Å². The van der Waals surface area contributed by atoms with Gasteiger partial charge >= 0.3 is 0 Å². The first-order chi connectivity index (χ1) is 13.5. The van der Waals surface area contributed by atoms with Crippen LogP contribution in [0.2, 0.25) is 0 Å². The van der Waals surface area contributed by atoms with E-state index in [1.54, 1.807) is 6.07 Å². The van der Waals surface area contributed by atoms with Gasteiger partial charge in [0.15, 0.2) is 17.4 Å². The number of hydrogen-bond donors (Lipinski definition) is 0. The molecule has 2 heterocycles. The van der Waals surface area contributed by atoms with Gasteiger partial charge in [0, 0.05) is 6.07 Å². The summed E-state index contributed by atoms with van der Waals surface area (Å²) in [5.74, 6) is -1.87. The highest BCUT2D eigenvalue weighted by Gasteiger charge is 2.29. The fourth-order valence-corrected chi connectivity index (χ4v) is 3.60. The number of nitrogens with zero attached hydrogens (tertiary/aromatic N) is 4. The smallest absolute Gasteiger partial charge is 0.252 e. The highest BCUT2D eigenvalue weighted by molar-refractivity contribution is 7.99. The van der Waals surface area contributed by atoms with Gasteiger partial charge in [-0.1, -0.05) is 23.9 Å². The lowest BCUT2D eigenvalue weighted by atomic mass is 10.2. The summed E-state index contributed by atoms with van der Waals surface area (Å²) in [5, 5.41) is 9.75. The van der Waals surface area contributed by atoms with E-state index in [1.807, 2.05) is 0 Å². The topological polar surface area (TPSA) is 60.2 Å². The molecule has 0 spiro atoms. The van der Waals surface area contributed by atoms with Crippen molar-refractivity contribution in [2.45, 2.75) is 18.3 Å². The predicted molar refractivity (Wildman–Crippen MR) is 94.8 cm³/mol. The second kappa shape index (κ2) is 7.55. The standard InChI is InChI=1S/C18H13F3N4O2S/c19-12-5-11(6-13(20)7-12)8-24-17(26)10-28-18-23-22-16(25(18)24)9-27-15-4-2-1-3-14(15)21/h1-7H,8-10H2. The van der Waals surface area contributed by atoms with E-state index in [-0.39, 0.29) is 41.9 Å². The maximum Gasteiger partial charge on any atom is 0.252 e. The fourth-order valence-electron chi connectivity index (χ4n) is 2.77. The molecule has 3 aromatic rings. The molecule has 144 valence electrons. The lowest BCUT2D eigenvalue weighted by Crippen LogP contribution is -2.45. The Morgan fingerprint density at radius 1 is 1.07 bits per heavy atom. The fraction of sp³-hybridized carbons (Fsp3) is 0.167. The maximum atomic E-state index is 13.8. The monoisotopic (exact) mass is 406 g/mol. The van der Waals surface area contributed by atoms with Crippen LogP contribution in [0.15, 0.2) is 47.6 Å². The zero-order valence-electron chi connectivity index (χ0n) is 14.3. The van der Waals surface area contributed by atoms with Crippen LogP contribution in [0.3, 0.4) is 0 Å². The highest BCUT2D eigenvalue weighted by Crippen LogP contribution is 2.26. The van der Waals surface area contributed by atoms with Gasteiger partial charge in [-0.25, -0.2) is 22.9 Å². The number of amides is 1. The first kappa shape index (κ1) is 18.4. The molecule has 1 amide bonds. The molecule has 0 atom stereocenters. The molecule has 0 saturated carbocycles. The zero-order chi connectivity index (χ0) is 19.7. The van der Waals surface area contributed by atoms with E-state index in [2.05, 4.69) is 10.2 Å². The van der Waals surface area contributed by atoms with Crippen molar-refractivity contribution in [3.8, 4) is 5.75 Å². The second-order valence-corrected chi connectivity index (χ2v) is 6.89. The van der Waals surface area contributed by atoms with Crippen molar-refractivity contribution in [3.63, 3.8) is 0 Å². The average Bonchev–Trinajstić information content (AvgIpc) is 3.06. The van der Waals surface area contributed by atoms with Crippen LogP contribution in [0.25, 0.3) is 0 Å². The molecule has 0 saturated heterocycles. The van der Waals surface area contributed by atoms with E-state index in [9.17, 15) is 18.0 Å². The van der Waals surface area contributed by atoms with E-state index in [1.165, 1.54) is 39.6 Å². The molecular weight excluding hydrogens is 393 g/mol. The van der Waals surface area contributed by atoms with Gasteiger partial charge in [-0.05, 0) is 29.8 Å². The molecule has 10 heteroatoms. The van der Waals surface area contributed by atoms with Gasteiger partial charge in [-0.15, -0.1) is 10.2 Å². The van der Waals surface area contributed by atoms with Crippen LogP contribution in [0, 0.1) is 17.5 Å². The number of thioether (sulfide) groups is 1. The molecule has 1 aromatic heterocycles. The van der Waals surface area contributed by atoms with E-state index >= 15 is 0 Å². The third-order valence-corrected chi connectivity index (χ3v) is 4.88. The molecular formula is C18H13F3N4O2S. The normalized spacial score (nSPS) is 13.5. The molecule has 6 nitrogen and oxygen atoms in total. The Morgan fingerprint density at radius 3 is 2.57 bits per heavy atom. The summed E-state index contributed by atoms with van der Waals surface area (Å²) in [7, 11) is 0. The molecule has 0 fully saturated rings. The third kappa shape index (κ3) is 3.68. The summed E-state index contributed by atoms with van der Waals surface area (Å²) >= 11 is 1.18. The van der Waals surface area contributed by atoms with E-state index < -0.39 is 17.5 Å². The number of halogens is 3. The number of aromatic nitrogens is 3. The quantitative estimate of drug-likeness (QED) is 0.652. The Bertz CT molecular complexity index is 1020. The van der Waals surface area contributed by atoms with Crippen molar-refractivity contribution in [2.24, 2.45) is 0 Å². The Kier molecular flexibility index (Phi) is 4.95. The van der Waals surface area contributed by atoms with Crippen molar-refractivity contribution in [3.05, 3.63) is 71.3 Å².